The van der Waals surface area contributed by atoms with Gasteiger partial charge < -0.3 is 14.8 Å². The molecule has 0 aliphatic carbocycles. The first kappa shape index (κ1) is 15.6. The molecule has 6 heteroatoms. The molecule has 2 aromatic heterocycles. The summed E-state index contributed by atoms with van der Waals surface area (Å²) in [6, 6.07) is 10.7. The van der Waals surface area contributed by atoms with Crippen molar-refractivity contribution in [2.45, 2.75) is 25.9 Å². The number of thiophene rings is 1. The zero-order valence-electron chi connectivity index (χ0n) is 13.3. The Morgan fingerprint density at radius 2 is 2.12 bits per heavy atom. The SMILES string of the molecule is CCC(NCc1csc(-c2ccc3c(c2)OCO3)n1)c1cccs1. The summed E-state index contributed by atoms with van der Waals surface area (Å²) >= 11 is 3.46. The lowest BCUT2D eigenvalue weighted by molar-refractivity contribution is 0.174. The fraction of sp³-hybridized carbons (Fsp3) is 0.278. The summed E-state index contributed by atoms with van der Waals surface area (Å²) in [4.78, 5) is 6.14. The van der Waals surface area contributed by atoms with Crippen LogP contribution in [-0.2, 0) is 6.54 Å². The zero-order chi connectivity index (χ0) is 16.4. The number of benzene rings is 1. The van der Waals surface area contributed by atoms with Crippen molar-refractivity contribution in [2.75, 3.05) is 6.79 Å². The summed E-state index contributed by atoms with van der Waals surface area (Å²) in [5.74, 6) is 1.60. The van der Waals surface area contributed by atoms with Crippen LogP contribution in [0.2, 0.25) is 0 Å². The summed E-state index contributed by atoms with van der Waals surface area (Å²) in [6.07, 6.45) is 1.07. The first-order valence-corrected chi connectivity index (χ1v) is 9.70. The van der Waals surface area contributed by atoms with Gasteiger partial charge in [-0.25, -0.2) is 4.98 Å². The summed E-state index contributed by atoms with van der Waals surface area (Å²) in [6.45, 7) is 3.28. The van der Waals surface area contributed by atoms with E-state index < -0.39 is 0 Å². The fourth-order valence-corrected chi connectivity index (χ4v) is 4.42. The average molecular weight is 358 g/mol. The van der Waals surface area contributed by atoms with Crippen LogP contribution in [0.25, 0.3) is 10.6 Å². The monoisotopic (exact) mass is 358 g/mol. The van der Waals surface area contributed by atoms with E-state index in [4.69, 9.17) is 14.5 Å². The number of rotatable bonds is 6. The maximum atomic E-state index is 5.45. The van der Waals surface area contributed by atoms with Gasteiger partial charge >= 0.3 is 0 Å². The van der Waals surface area contributed by atoms with Gasteiger partial charge in [-0.15, -0.1) is 22.7 Å². The third-order valence-electron chi connectivity index (χ3n) is 4.00. The van der Waals surface area contributed by atoms with Crippen molar-refractivity contribution in [3.05, 3.63) is 51.7 Å². The smallest absolute Gasteiger partial charge is 0.231 e. The number of aromatic nitrogens is 1. The minimum Gasteiger partial charge on any atom is -0.454 e. The molecule has 0 spiro atoms. The van der Waals surface area contributed by atoms with Crippen LogP contribution >= 0.6 is 22.7 Å². The maximum Gasteiger partial charge on any atom is 0.231 e. The highest BCUT2D eigenvalue weighted by atomic mass is 32.1. The van der Waals surface area contributed by atoms with Crippen LogP contribution < -0.4 is 14.8 Å². The van der Waals surface area contributed by atoms with Crippen LogP contribution in [0.3, 0.4) is 0 Å². The number of nitrogens with one attached hydrogen (secondary N) is 1. The Morgan fingerprint density at radius 1 is 1.21 bits per heavy atom. The molecule has 1 aromatic carbocycles. The molecule has 0 radical (unpaired) electrons. The van der Waals surface area contributed by atoms with E-state index >= 15 is 0 Å². The van der Waals surface area contributed by atoms with Crippen LogP contribution in [0, 0.1) is 0 Å². The first-order chi connectivity index (χ1) is 11.8. The largest absolute Gasteiger partial charge is 0.454 e. The molecule has 24 heavy (non-hydrogen) atoms. The van der Waals surface area contributed by atoms with E-state index in [1.807, 2.05) is 18.2 Å². The second-order valence-electron chi connectivity index (χ2n) is 5.57. The normalized spacial score (nSPS) is 14.0. The van der Waals surface area contributed by atoms with Gasteiger partial charge in [0.15, 0.2) is 11.5 Å². The summed E-state index contributed by atoms with van der Waals surface area (Å²) in [7, 11) is 0. The molecule has 1 N–H and O–H groups in total. The van der Waals surface area contributed by atoms with E-state index in [1.165, 1.54) is 4.88 Å². The third kappa shape index (κ3) is 3.17. The number of hydrogen-bond donors (Lipinski definition) is 1. The highest BCUT2D eigenvalue weighted by molar-refractivity contribution is 7.13. The molecular weight excluding hydrogens is 340 g/mol. The minimum atomic E-state index is 0.299. The average Bonchev–Trinajstić information content (AvgIpc) is 3.36. The predicted octanol–water partition coefficient (Wildman–Crippen LogP) is 4.84. The molecule has 124 valence electrons. The van der Waals surface area contributed by atoms with Gasteiger partial charge in [-0.1, -0.05) is 13.0 Å². The number of hydrogen-bond acceptors (Lipinski definition) is 6. The predicted molar refractivity (Wildman–Crippen MR) is 97.9 cm³/mol. The molecule has 1 aliphatic heterocycles. The molecule has 0 amide bonds. The molecule has 3 aromatic rings. The molecular formula is C18H18N2O2S2. The fourth-order valence-electron chi connectivity index (χ4n) is 2.71. The second kappa shape index (κ2) is 6.93. The van der Waals surface area contributed by atoms with Crippen molar-refractivity contribution in [3.8, 4) is 22.1 Å². The Bertz CT molecular complexity index is 814. The first-order valence-electron chi connectivity index (χ1n) is 7.94. The molecule has 0 saturated heterocycles. The number of thiazole rings is 1. The van der Waals surface area contributed by atoms with Gasteiger partial charge in [-0.05, 0) is 36.1 Å². The molecule has 4 rings (SSSR count). The van der Waals surface area contributed by atoms with Crippen LogP contribution in [0.5, 0.6) is 11.5 Å². The van der Waals surface area contributed by atoms with Crippen LogP contribution in [-0.4, -0.2) is 11.8 Å². The van der Waals surface area contributed by atoms with Gasteiger partial charge in [-0.3, -0.25) is 0 Å². The highest BCUT2D eigenvalue weighted by Crippen LogP contribution is 2.36. The lowest BCUT2D eigenvalue weighted by atomic mass is 10.2. The number of fused-ring (bicyclic) bond motifs is 1. The third-order valence-corrected chi connectivity index (χ3v) is 5.92. The Balaban J connectivity index is 1.45. The van der Waals surface area contributed by atoms with E-state index in [9.17, 15) is 0 Å². The molecule has 1 aliphatic rings. The van der Waals surface area contributed by atoms with E-state index in [0.717, 1.165) is 40.7 Å². The van der Waals surface area contributed by atoms with Crippen molar-refractivity contribution < 1.29 is 9.47 Å². The second-order valence-corrected chi connectivity index (χ2v) is 7.41. The number of nitrogens with zero attached hydrogens (tertiary/aromatic N) is 1. The van der Waals surface area contributed by atoms with Gasteiger partial charge in [0.25, 0.3) is 0 Å². The van der Waals surface area contributed by atoms with Crippen molar-refractivity contribution >= 4 is 22.7 Å². The van der Waals surface area contributed by atoms with Gasteiger partial charge in [0.2, 0.25) is 6.79 Å². The topological polar surface area (TPSA) is 43.4 Å². The maximum absolute atomic E-state index is 5.45. The van der Waals surface area contributed by atoms with Gasteiger partial charge in [0, 0.05) is 28.4 Å². The Hall–Kier alpha value is -1.89. The van der Waals surface area contributed by atoms with E-state index in [-0.39, 0.29) is 0 Å². The zero-order valence-corrected chi connectivity index (χ0v) is 15.0. The van der Waals surface area contributed by atoms with E-state index in [1.54, 1.807) is 22.7 Å². The molecule has 1 unspecified atom stereocenters. The lowest BCUT2D eigenvalue weighted by Crippen LogP contribution is -2.19. The Kier molecular flexibility index (Phi) is 4.51. The van der Waals surface area contributed by atoms with Crippen molar-refractivity contribution in [3.63, 3.8) is 0 Å². The summed E-state index contributed by atoms with van der Waals surface area (Å²) in [5.41, 5.74) is 2.14. The van der Waals surface area contributed by atoms with Gasteiger partial charge in [0.05, 0.1) is 5.69 Å². The Labute approximate surface area is 149 Å². The van der Waals surface area contributed by atoms with E-state index in [2.05, 4.69) is 35.1 Å². The van der Waals surface area contributed by atoms with Crippen LogP contribution in [0.4, 0.5) is 0 Å². The molecule has 1 atom stereocenters. The quantitative estimate of drug-likeness (QED) is 0.685. The van der Waals surface area contributed by atoms with Crippen molar-refractivity contribution in [1.29, 1.82) is 0 Å². The Morgan fingerprint density at radius 3 is 2.96 bits per heavy atom. The van der Waals surface area contributed by atoms with Crippen molar-refractivity contribution in [2.24, 2.45) is 0 Å². The van der Waals surface area contributed by atoms with E-state index in [0.29, 0.717) is 12.8 Å². The molecule has 0 fully saturated rings. The molecule has 3 heterocycles. The summed E-state index contributed by atoms with van der Waals surface area (Å²) in [5, 5.41) is 8.86. The molecule has 0 bridgehead atoms. The lowest BCUT2D eigenvalue weighted by Gasteiger charge is -2.14. The highest BCUT2D eigenvalue weighted by Gasteiger charge is 2.16. The van der Waals surface area contributed by atoms with Gasteiger partial charge in [-0.2, -0.15) is 0 Å². The molecule has 0 saturated carbocycles. The van der Waals surface area contributed by atoms with Crippen LogP contribution in [0.1, 0.15) is 30.0 Å². The standard InChI is InChI=1S/C18H18N2O2S2/c1-2-14(17-4-3-7-23-17)19-9-13-10-24-18(20-13)12-5-6-15-16(8-12)22-11-21-15/h3-8,10,14,19H,2,9,11H2,1H3. The number of ether oxygens (including phenoxy) is 2. The van der Waals surface area contributed by atoms with Gasteiger partial charge in [0.1, 0.15) is 5.01 Å². The van der Waals surface area contributed by atoms with Crippen molar-refractivity contribution in [1.82, 2.24) is 10.3 Å². The summed E-state index contributed by atoms with van der Waals surface area (Å²) < 4.78 is 10.8. The van der Waals surface area contributed by atoms with Crippen LogP contribution in [0.15, 0.2) is 41.1 Å². The minimum absolute atomic E-state index is 0.299. The molecule has 4 nitrogen and oxygen atoms in total.